The van der Waals surface area contributed by atoms with E-state index in [4.69, 9.17) is 5.26 Å². The number of hydrogen-bond acceptors (Lipinski definition) is 3. The first-order valence-electron chi connectivity index (χ1n) is 6.09. The van der Waals surface area contributed by atoms with Gasteiger partial charge in [-0.2, -0.15) is 5.26 Å². The molecule has 1 aliphatic rings. The average molecular weight is 261 g/mol. The Kier molecular flexibility index (Phi) is 4.27. The van der Waals surface area contributed by atoms with E-state index in [0.717, 1.165) is 18.4 Å². The summed E-state index contributed by atoms with van der Waals surface area (Å²) in [6, 6.07) is 8.90. The summed E-state index contributed by atoms with van der Waals surface area (Å²) >= 11 is 1.54. The van der Waals surface area contributed by atoms with Crippen molar-refractivity contribution in [3.63, 3.8) is 0 Å². The molecule has 0 saturated heterocycles. The van der Waals surface area contributed by atoms with Crippen LogP contribution in [-0.2, 0) is 4.79 Å². The fraction of sp³-hybridized carbons (Fsp3) is 0.429. The van der Waals surface area contributed by atoms with Gasteiger partial charge in [-0.1, -0.05) is 25.0 Å². The summed E-state index contributed by atoms with van der Waals surface area (Å²) < 4.78 is 0. The van der Waals surface area contributed by atoms with Crippen molar-refractivity contribution in [1.29, 1.82) is 5.26 Å². The number of carboxylic acid groups (broad SMARTS) is 1. The molecule has 2 rings (SSSR count). The zero-order valence-electron chi connectivity index (χ0n) is 10.0. The van der Waals surface area contributed by atoms with Crippen molar-refractivity contribution < 1.29 is 9.90 Å². The number of carboxylic acids is 1. The molecule has 1 fully saturated rings. The molecule has 1 aromatic carbocycles. The second-order valence-electron chi connectivity index (χ2n) is 4.49. The van der Waals surface area contributed by atoms with Gasteiger partial charge in [0.25, 0.3) is 0 Å². The monoisotopic (exact) mass is 261 g/mol. The topological polar surface area (TPSA) is 61.1 Å². The van der Waals surface area contributed by atoms with Crippen LogP contribution in [0.15, 0.2) is 24.3 Å². The number of thioether (sulfide) groups is 1. The summed E-state index contributed by atoms with van der Waals surface area (Å²) in [5.41, 5.74) is 1.34. The number of benzene rings is 1. The Bertz CT molecular complexity index is 458. The van der Waals surface area contributed by atoms with E-state index in [0.29, 0.717) is 10.8 Å². The number of carbonyl (C=O) groups is 1. The van der Waals surface area contributed by atoms with Crippen LogP contribution in [0, 0.1) is 11.3 Å². The van der Waals surface area contributed by atoms with Gasteiger partial charge in [-0.3, -0.25) is 4.79 Å². The van der Waals surface area contributed by atoms with Crippen LogP contribution < -0.4 is 0 Å². The molecule has 4 heteroatoms. The third kappa shape index (κ3) is 3.05. The van der Waals surface area contributed by atoms with Crippen molar-refractivity contribution in [3.8, 4) is 6.07 Å². The Morgan fingerprint density at radius 3 is 2.44 bits per heavy atom. The highest BCUT2D eigenvalue weighted by atomic mass is 32.2. The van der Waals surface area contributed by atoms with Crippen LogP contribution in [-0.4, -0.2) is 16.3 Å². The van der Waals surface area contributed by atoms with Gasteiger partial charge in [0.05, 0.1) is 11.6 Å². The molecule has 0 radical (unpaired) electrons. The highest BCUT2D eigenvalue weighted by Crippen LogP contribution is 2.39. The normalized spacial score (nSPS) is 17.3. The lowest BCUT2D eigenvalue weighted by Gasteiger charge is -2.16. The van der Waals surface area contributed by atoms with Gasteiger partial charge in [0.15, 0.2) is 0 Å². The minimum Gasteiger partial charge on any atom is -0.480 e. The molecule has 0 aliphatic heterocycles. The summed E-state index contributed by atoms with van der Waals surface area (Å²) in [6.45, 7) is 0. The van der Waals surface area contributed by atoms with Crippen LogP contribution in [0.3, 0.4) is 0 Å². The second kappa shape index (κ2) is 5.92. The molecule has 1 aromatic rings. The van der Waals surface area contributed by atoms with Gasteiger partial charge < -0.3 is 5.11 Å². The molecule has 0 amide bonds. The van der Waals surface area contributed by atoms with E-state index in [1.54, 1.807) is 36.0 Å². The van der Waals surface area contributed by atoms with E-state index in [-0.39, 0.29) is 0 Å². The minimum absolute atomic E-state index is 0.460. The van der Waals surface area contributed by atoms with Crippen molar-refractivity contribution in [3.05, 3.63) is 35.4 Å². The lowest BCUT2D eigenvalue weighted by atomic mass is 10.1. The molecule has 0 aromatic heterocycles. The second-order valence-corrected chi connectivity index (χ2v) is 5.90. The maximum absolute atomic E-state index is 11.4. The first kappa shape index (κ1) is 13.0. The third-order valence-electron chi connectivity index (χ3n) is 3.20. The molecular weight excluding hydrogens is 246 g/mol. The molecule has 0 bridgehead atoms. The highest BCUT2D eigenvalue weighted by Gasteiger charge is 2.26. The van der Waals surface area contributed by atoms with E-state index in [1.165, 1.54) is 12.8 Å². The quantitative estimate of drug-likeness (QED) is 0.902. The van der Waals surface area contributed by atoms with Gasteiger partial charge in [0.1, 0.15) is 5.25 Å². The zero-order chi connectivity index (χ0) is 13.0. The molecule has 94 valence electrons. The van der Waals surface area contributed by atoms with Gasteiger partial charge in [0.2, 0.25) is 0 Å². The lowest BCUT2D eigenvalue weighted by molar-refractivity contribution is -0.136. The fourth-order valence-electron chi connectivity index (χ4n) is 2.23. The number of rotatable bonds is 4. The Hall–Kier alpha value is -1.47. The standard InChI is InChI=1S/C14H15NO2S/c15-9-10-5-7-11(8-6-10)13(14(16)17)18-12-3-1-2-4-12/h5-8,12-13H,1-4H2,(H,16,17)/t13-/m1/s1. The van der Waals surface area contributed by atoms with Gasteiger partial charge in [-0.15, -0.1) is 11.8 Å². The van der Waals surface area contributed by atoms with Gasteiger partial charge in [-0.25, -0.2) is 0 Å². The van der Waals surface area contributed by atoms with Crippen LogP contribution in [0.4, 0.5) is 0 Å². The van der Waals surface area contributed by atoms with Crippen molar-refractivity contribution in [1.82, 2.24) is 0 Å². The summed E-state index contributed by atoms with van der Waals surface area (Å²) in [7, 11) is 0. The average Bonchev–Trinajstić information content (AvgIpc) is 2.89. The Morgan fingerprint density at radius 2 is 1.94 bits per heavy atom. The largest absolute Gasteiger partial charge is 0.480 e. The fourth-order valence-corrected chi connectivity index (χ4v) is 3.65. The Labute approximate surface area is 111 Å². The number of aliphatic carboxylic acids is 1. The van der Waals surface area contributed by atoms with Crippen LogP contribution in [0.2, 0.25) is 0 Å². The van der Waals surface area contributed by atoms with E-state index in [1.807, 2.05) is 6.07 Å². The van der Waals surface area contributed by atoms with Gasteiger partial charge in [-0.05, 0) is 30.5 Å². The number of nitrogens with zero attached hydrogens (tertiary/aromatic N) is 1. The smallest absolute Gasteiger partial charge is 0.321 e. The van der Waals surface area contributed by atoms with E-state index < -0.39 is 11.2 Å². The van der Waals surface area contributed by atoms with Crippen LogP contribution >= 0.6 is 11.8 Å². The maximum atomic E-state index is 11.4. The number of hydrogen-bond donors (Lipinski definition) is 1. The molecule has 1 N–H and O–H groups in total. The van der Waals surface area contributed by atoms with Crippen molar-refractivity contribution >= 4 is 17.7 Å². The highest BCUT2D eigenvalue weighted by molar-refractivity contribution is 8.00. The summed E-state index contributed by atoms with van der Waals surface area (Å²) in [5.74, 6) is -0.795. The van der Waals surface area contributed by atoms with Crippen molar-refractivity contribution in [2.24, 2.45) is 0 Å². The molecule has 0 spiro atoms. The van der Waals surface area contributed by atoms with Crippen LogP contribution in [0.5, 0.6) is 0 Å². The lowest BCUT2D eigenvalue weighted by Crippen LogP contribution is -2.11. The van der Waals surface area contributed by atoms with E-state index in [2.05, 4.69) is 0 Å². The molecule has 1 aliphatic carbocycles. The predicted octanol–water partition coefficient (Wildman–Crippen LogP) is 3.36. The maximum Gasteiger partial charge on any atom is 0.321 e. The minimum atomic E-state index is -0.795. The van der Waals surface area contributed by atoms with Crippen LogP contribution in [0.25, 0.3) is 0 Å². The summed E-state index contributed by atoms with van der Waals surface area (Å²) in [5, 5.41) is 18.0. The molecular formula is C14H15NO2S. The Balaban J connectivity index is 2.13. The molecule has 1 atom stereocenters. The molecule has 3 nitrogen and oxygen atoms in total. The molecule has 18 heavy (non-hydrogen) atoms. The summed E-state index contributed by atoms with van der Waals surface area (Å²) in [6.07, 6.45) is 4.64. The van der Waals surface area contributed by atoms with Crippen molar-refractivity contribution in [2.75, 3.05) is 0 Å². The van der Waals surface area contributed by atoms with E-state index in [9.17, 15) is 9.90 Å². The molecule has 0 unspecified atom stereocenters. The first-order chi connectivity index (χ1) is 8.70. The Morgan fingerprint density at radius 1 is 1.33 bits per heavy atom. The SMILES string of the molecule is N#Cc1ccc([C@@H](SC2CCCC2)C(=O)O)cc1. The zero-order valence-corrected chi connectivity index (χ0v) is 10.8. The van der Waals surface area contributed by atoms with Crippen molar-refractivity contribution in [2.45, 2.75) is 36.2 Å². The predicted molar refractivity (Wildman–Crippen MR) is 71.4 cm³/mol. The van der Waals surface area contributed by atoms with Gasteiger partial charge >= 0.3 is 5.97 Å². The summed E-state index contributed by atoms with van der Waals surface area (Å²) in [4.78, 5) is 11.4. The molecule has 1 saturated carbocycles. The van der Waals surface area contributed by atoms with E-state index >= 15 is 0 Å². The number of nitriles is 1. The van der Waals surface area contributed by atoms with Gasteiger partial charge in [0, 0.05) is 5.25 Å². The molecule has 0 heterocycles. The first-order valence-corrected chi connectivity index (χ1v) is 7.03. The van der Waals surface area contributed by atoms with Crippen LogP contribution in [0.1, 0.15) is 42.1 Å². The third-order valence-corrected chi connectivity index (χ3v) is 4.80.